The smallest absolute Gasteiger partial charge is 0.407 e. The third-order valence-electron chi connectivity index (χ3n) is 4.56. The fourth-order valence-corrected chi connectivity index (χ4v) is 3.98. The molecule has 3 N–H and O–H groups in total. The van der Waals surface area contributed by atoms with Crippen molar-refractivity contribution >= 4 is 35.7 Å². The number of phenols is 1. The lowest BCUT2D eigenvalue weighted by atomic mass is 10.0. The Bertz CT molecular complexity index is 874. The summed E-state index contributed by atoms with van der Waals surface area (Å²) < 4.78 is 19.7. The molecule has 2 amide bonds. The summed E-state index contributed by atoms with van der Waals surface area (Å²) in [6, 6.07) is -0.991. The van der Waals surface area contributed by atoms with Gasteiger partial charge in [-0.3, -0.25) is 4.79 Å². The number of hydrogen-bond donors (Lipinski definition) is 3. The maximum atomic E-state index is 12.8. The third-order valence-corrected chi connectivity index (χ3v) is 5.62. The number of thioether (sulfide) groups is 1. The van der Waals surface area contributed by atoms with Gasteiger partial charge in [0.15, 0.2) is 0 Å². The molecule has 0 bridgehead atoms. The largest absolute Gasteiger partial charge is 0.507 e. The van der Waals surface area contributed by atoms with Crippen molar-refractivity contribution in [2.24, 2.45) is 0 Å². The summed E-state index contributed by atoms with van der Waals surface area (Å²) in [4.78, 5) is 49.2. The number of methoxy groups -OCH3 is 3. The molecule has 1 aliphatic heterocycles. The van der Waals surface area contributed by atoms with Crippen molar-refractivity contribution in [1.29, 1.82) is 0 Å². The van der Waals surface area contributed by atoms with E-state index < -0.39 is 42.6 Å². The summed E-state index contributed by atoms with van der Waals surface area (Å²) in [5, 5.41) is 15.2. The molecule has 1 aliphatic rings. The van der Waals surface area contributed by atoms with Gasteiger partial charge < -0.3 is 34.7 Å². The van der Waals surface area contributed by atoms with Crippen molar-refractivity contribution in [3.05, 3.63) is 22.8 Å². The van der Waals surface area contributed by atoms with Crippen molar-refractivity contribution in [3.63, 3.8) is 0 Å². The molecule has 12 heteroatoms. The first-order valence-corrected chi connectivity index (χ1v) is 10.3. The Morgan fingerprint density at radius 2 is 1.97 bits per heavy atom. The number of carbonyl (C=O) groups excluding carboxylic acids is 4. The van der Waals surface area contributed by atoms with Gasteiger partial charge in [0.2, 0.25) is 5.91 Å². The Hall–Kier alpha value is -3.15. The maximum Gasteiger partial charge on any atom is 0.407 e. The van der Waals surface area contributed by atoms with Crippen LogP contribution in [0, 0.1) is 6.92 Å². The monoisotopic (exact) mass is 456 g/mol. The number of benzene rings is 1. The van der Waals surface area contributed by atoms with Crippen LogP contribution < -0.4 is 15.4 Å². The number of cyclic esters (lactones) is 1. The number of esters is 2. The van der Waals surface area contributed by atoms with Crippen molar-refractivity contribution in [2.75, 3.05) is 33.7 Å². The van der Waals surface area contributed by atoms with Crippen LogP contribution >= 0.6 is 11.8 Å². The third kappa shape index (κ3) is 5.72. The van der Waals surface area contributed by atoms with Crippen molar-refractivity contribution in [1.82, 2.24) is 10.6 Å². The number of alkyl carbamates (subject to hydrolysis) is 1. The highest BCUT2D eigenvalue weighted by molar-refractivity contribution is 7.98. The minimum absolute atomic E-state index is 0.0803. The molecule has 11 nitrogen and oxygen atoms in total. The first kappa shape index (κ1) is 24.1. The van der Waals surface area contributed by atoms with E-state index in [1.54, 1.807) is 6.92 Å². The maximum absolute atomic E-state index is 12.8. The van der Waals surface area contributed by atoms with E-state index >= 15 is 0 Å². The van der Waals surface area contributed by atoms with E-state index in [1.807, 2.05) is 0 Å². The highest BCUT2D eigenvalue weighted by Crippen LogP contribution is 2.35. The van der Waals surface area contributed by atoms with E-state index in [1.165, 1.54) is 32.0 Å². The Morgan fingerprint density at radius 1 is 1.26 bits per heavy atom. The summed E-state index contributed by atoms with van der Waals surface area (Å²) >= 11 is 1.19. The second-order valence-electron chi connectivity index (χ2n) is 6.46. The molecule has 170 valence electrons. The summed E-state index contributed by atoms with van der Waals surface area (Å²) in [6.45, 7) is 1.08. The van der Waals surface area contributed by atoms with Gasteiger partial charge >= 0.3 is 18.0 Å². The number of hydrogen-bond acceptors (Lipinski definition) is 10. The standard InChI is InChI=1S/C19H24N2O9S/c1-9-14(27-2)5-13(22)10-7-31-8-12(17(24)28-3)20-16(23)11(21-19(26)29-4)6-30-18(25)15(9)10/h5,11-12,22H,6-8H2,1-4H3,(H,20,23)(H,21,26)/t11-,12+/m0/s1. The van der Waals surface area contributed by atoms with E-state index in [2.05, 4.69) is 15.4 Å². The summed E-state index contributed by atoms with van der Waals surface area (Å²) in [6.07, 6.45) is -0.928. The van der Waals surface area contributed by atoms with Crippen LogP contribution in [-0.4, -0.2) is 74.8 Å². The van der Waals surface area contributed by atoms with Crippen molar-refractivity contribution in [2.45, 2.75) is 24.8 Å². The highest BCUT2D eigenvalue weighted by atomic mass is 32.2. The first-order valence-electron chi connectivity index (χ1n) is 9.10. The van der Waals surface area contributed by atoms with Gasteiger partial charge in [-0.2, -0.15) is 11.8 Å². The molecular weight excluding hydrogens is 432 g/mol. The average molecular weight is 456 g/mol. The van der Waals surface area contributed by atoms with E-state index in [0.717, 1.165) is 7.11 Å². The zero-order valence-corrected chi connectivity index (χ0v) is 18.3. The number of nitrogens with one attached hydrogen (secondary N) is 2. The Labute approximate surface area is 182 Å². The van der Waals surface area contributed by atoms with Gasteiger partial charge in [0.05, 0.1) is 26.9 Å². The number of carbonyl (C=O) groups is 4. The van der Waals surface area contributed by atoms with Crippen LogP contribution in [0.4, 0.5) is 4.79 Å². The van der Waals surface area contributed by atoms with Crippen molar-refractivity contribution < 1.29 is 43.2 Å². The van der Waals surface area contributed by atoms with Crippen LogP contribution in [0.15, 0.2) is 6.07 Å². The molecule has 0 radical (unpaired) electrons. The normalized spacial score (nSPS) is 19.5. The molecule has 2 atom stereocenters. The molecule has 0 aliphatic carbocycles. The highest BCUT2D eigenvalue weighted by Gasteiger charge is 2.31. The van der Waals surface area contributed by atoms with Gasteiger partial charge in [-0.1, -0.05) is 0 Å². The van der Waals surface area contributed by atoms with Crippen LogP contribution in [-0.2, 0) is 29.6 Å². The fourth-order valence-electron chi connectivity index (χ4n) is 2.91. The zero-order valence-electron chi connectivity index (χ0n) is 17.5. The number of aromatic hydroxyl groups is 1. The molecule has 0 saturated carbocycles. The number of rotatable bonds is 3. The molecule has 1 aromatic rings. The minimum Gasteiger partial charge on any atom is -0.507 e. The Balaban J connectivity index is 2.48. The van der Waals surface area contributed by atoms with Gasteiger partial charge in [-0.25, -0.2) is 14.4 Å². The van der Waals surface area contributed by atoms with Gasteiger partial charge in [0, 0.05) is 28.7 Å². The van der Waals surface area contributed by atoms with Gasteiger partial charge in [-0.15, -0.1) is 0 Å². The minimum atomic E-state index is -1.34. The second kappa shape index (κ2) is 10.8. The van der Waals surface area contributed by atoms with Crippen LogP contribution in [0.2, 0.25) is 0 Å². The molecule has 1 aromatic carbocycles. The van der Waals surface area contributed by atoms with Crippen molar-refractivity contribution in [3.8, 4) is 11.5 Å². The molecule has 0 unspecified atom stereocenters. The summed E-state index contributed by atoms with van der Waals surface area (Å²) in [7, 11) is 3.68. The molecule has 31 heavy (non-hydrogen) atoms. The first-order chi connectivity index (χ1) is 14.7. The number of fused-ring (bicyclic) bond motifs is 1. The van der Waals surface area contributed by atoms with Crippen LogP contribution in [0.5, 0.6) is 11.5 Å². The van der Waals surface area contributed by atoms with Gasteiger partial charge in [0.1, 0.15) is 30.2 Å². The molecule has 0 spiro atoms. The topological polar surface area (TPSA) is 149 Å². The fraction of sp³-hybridized carbons (Fsp3) is 0.474. The lowest BCUT2D eigenvalue weighted by Gasteiger charge is -2.24. The molecule has 2 rings (SSSR count). The lowest BCUT2D eigenvalue weighted by molar-refractivity contribution is -0.144. The second-order valence-corrected chi connectivity index (χ2v) is 7.49. The number of ether oxygens (including phenoxy) is 4. The number of phenolic OH excluding ortho intramolecular Hbond substituents is 1. The van der Waals surface area contributed by atoms with E-state index in [0.29, 0.717) is 11.1 Å². The van der Waals surface area contributed by atoms with Gasteiger partial charge in [0.25, 0.3) is 0 Å². The molecule has 0 saturated heterocycles. The van der Waals surface area contributed by atoms with E-state index in [4.69, 9.17) is 14.2 Å². The zero-order chi connectivity index (χ0) is 23.1. The summed E-state index contributed by atoms with van der Waals surface area (Å²) in [5.74, 6) is -1.93. The Kier molecular flexibility index (Phi) is 8.37. The van der Waals surface area contributed by atoms with Crippen LogP contribution in [0.3, 0.4) is 0 Å². The van der Waals surface area contributed by atoms with E-state index in [9.17, 15) is 24.3 Å². The average Bonchev–Trinajstić information content (AvgIpc) is 2.75. The lowest BCUT2D eigenvalue weighted by Crippen LogP contribution is -2.54. The summed E-state index contributed by atoms with van der Waals surface area (Å²) in [5.41, 5.74) is 0.808. The SMILES string of the molecule is COC(=O)N[C@H]1COC(=O)c2c(C)c(OC)cc(O)c2CSC[C@H](C(=O)OC)NC1=O. The van der Waals surface area contributed by atoms with E-state index in [-0.39, 0.29) is 28.6 Å². The molecular formula is C19H24N2O9S. The predicted octanol–water partition coefficient (Wildman–Crippen LogP) is 0.495. The quantitative estimate of drug-likeness (QED) is 0.433. The molecule has 0 fully saturated rings. The van der Waals surface area contributed by atoms with Crippen LogP contribution in [0.25, 0.3) is 0 Å². The molecule has 0 aromatic heterocycles. The van der Waals surface area contributed by atoms with Gasteiger partial charge in [-0.05, 0) is 6.92 Å². The predicted molar refractivity (Wildman–Crippen MR) is 109 cm³/mol. The van der Waals surface area contributed by atoms with Crippen LogP contribution in [0.1, 0.15) is 21.5 Å². The number of amides is 2. The molecule has 1 heterocycles. The Morgan fingerprint density at radius 3 is 2.58 bits per heavy atom.